The second-order valence-corrected chi connectivity index (χ2v) is 2.97. The van der Waals surface area contributed by atoms with Crippen LogP contribution in [0.2, 0.25) is 0 Å². The Morgan fingerprint density at radius 2 is 2.42 bits per heavy atom. The molecule has 0 bridgehead atoms. The van der Waals surface area contributed by atoms with Crippen molar-refractivity contribution >= 4 is 11.8 Å². The number of thioether (sulfide) groups is 1. The van der Waals surface area contributed by atoms with Crippen molar-refractivity contribution in [3.63, 3.8) is 0 Å². The fraction of sp³-hybridized carbons (Fsp3) is 0.375. The highest BCUT2D eigenvalue weighted by molar-refractivity contribution is 7.98. The van der Waals surface area contributed by atoms with Crippen LogP contribution in [0.5, 0.6) is 0 Å². The molecule has 1 heterocycles. The summed E-state index contributed by atoms with van der Waals surface area (Å²) in [6, 6.07) is 2.06. The third-order valence-electron chi connectivity index (χ3n) is 1.51. The van der Waals surface area contributed by atoms with Gasteiger partial charge in [0.25, 0.3) is 0 Å². The van der Waals surface area contributed by atoms with E-state index in [2.05, 4.69) is 16.0 Å². The van der Waals surface area contributed by atoms with Gasteiger partial charge in [0.05, 0.1) is 0 Å². The quantitative estimate of drug-likeness (QED) is 0.511. The van der Waals surface area contributed by atoms with Gasteiger partial charge in [-0.2, -0.15) is 5.26 Å². The molecule has 1 aromatic rings. The molecule has 0 fully saturated rings. The Hall–Kier alpha value is -1.08. The van der Waals surface area contributed by atoms with Crippen LogP contribution >= 0.6 is 11.8 Å². The lowest BCUT2D eigenvalue weighted by atomic mass is 10.2. The maximum atomic E-state index is 8.72. The van der Waals surface area contributed by atoms with Crippen LogP contribution in [-0.4, -0.2) is 16.2 Å². The molecule has 0 atom stereocenters. The van der Waals surface area contributed by atoms with Gasteiger partial charge in [-0.15, -0.1) is 0 Å². The SMILES string of the molecule is CCc1cnc(SC)nc1C#N. The summed E-state index contributed by atoms with van der Waals surface area (Å²) in [4.78, 5) is 8.15. The average molecular weight is 179 g/mol. The van der Waals surface area contributed by atoms with Gasteiger partial charge in [0.15, 0.2) is 5.16 Å². The van der Waals surface area contributed by atoms with Gasteiger partial charge in [-0.3, -0.25) is 0 Å². The topological polar surface area (TPSA) is 49.6 Å². The zero-order valence-corrected chi connectivity index (χ0v) is 7.85. The highest BCUT2D eigenvalue weighted by Gasteiger charge is 2.03. The number of nitrogens with zero attached hydrogens (tertiary/aromatic N) is 3. The van der Waals surface area contributed by atoms with Crippen molar-refractivity contribution in [1.82, 2.24) is 9.97 Å². The van der Waals surface area contributed by atoms with Crippen molar-refractivity contribution < 1.29 is 0 Å². The highest BCUT2D eigenvalue weighted by Crippen LogP contribution is 2.11. The van der Waals surface area contributed by atoms with Gasteiger partial charge in [0.2, 0.25) is 0 Å². The number of hydrogen-bond donors (Lipinski definition) is 0. The van der Waals surface area contributed by atoms with Crippen LogP contribution < -0.4 is 0 Å². The monoisotopic (exact) mass is 179 g/mol. The van der Waals surface area contributed by atoms with E-state index < -0.39 is 0 Å². The molecule has 1 rings (SSSR count). The Labute approximate surface area is 75.8 Å². The second-order valence-electron chi connectivity index (χ2n) is 2.20. The summed E-state index contributed by atoms with van der Waals surface area (Å²) in [5.74, 6) is 0. The summed E-state index contributed by atoms with van der Waals surface area (Å²) < 4.78 is 0. The van der Waals surface area contributed by atoms with E-state index in [0.717, 1.165) is 12.0 Å². The largest absolute Gasteiger partial charge is 0.231 e. The molecule has 0 aliphatic carbocycles. The molecule has 0 spiro atoms. The van der Waals surface area contributed by atoms with Gasteiger partial charge in [-0.25, -0.2) is 9.97 Å². The number of rotatable bonds is 2. The van der Waals surface area contributed by atoms with E-state index in [9.17, 15) is 0 Å². The summed E-state index contributed by atoms with van der Waals surface area (Å²) >= 11 is 1.44. The molecule has 62 valence electrons. The molecule has 0 saturated carbocycles. The van der Waals surface area contributed by atoms with Crippen LogP contribution in [0.1, 0.15) is 18.2 Å². The lowest BCUT2D eigenvalue weighted by Crippen LogP contribution is -1.96. The molecule has 0 amide bonds. The standard InChI is InChI=1S/C8H9N3S/c1-3-6-5-10-8(12-2)11-7(6)4-9/h5H,3H2,1-2H3. The smallest absolute Gasteiger partial charge is 0.188 e. The summed E-state index contributed by atoms with van der Waals surface area (Å²) in [5.41, 5.74) is 1.41. The van der Waals surface area contributed by atoms with Gasteiger partial charge in [-0.05, 0) is 12.7 Å². The van der Waals surface area contributed by atoms with E-state index in [-0.39, 0.29) is 0 Å². The first kappa shape index (κ1) is 9.01. The Balaban J connectivity index is 3.13. The fourth-order valence-electron chi connectivity index (χ4n) is 0.844. The lowest BCUT2D eigenvalue weighted by Gasteiger charge is -1.99. The molecule has 0 aromatic carbocycles. The number of hydrogen-bond acceptors (Lipinski definition) is 4. The predicted molar refractivity (Wildman–Crippen MR) is 47.9 cm³/mol. The highest BCUT2D eigenvalue weighted by atomic mass is 32.2. The zero-order chi connectivity index (χ0) is 8.97. The summed E-state index contributed by atoms with van der Waals surface area (Å²) in [6.07, 6.45) is 4.41. The molecule has 0 radical (unpaired) electrons. The first-order chi connectivity index (χ1) is 5.81. The predicted octanol–water partition coefficient (Wildman–Crippen LogP) is 1.63. The average Bonchev–Trinajstić information content (AvgIpc) is 2.16. The summed E-state index contributed by atoms with van der Waals surface area (Å²) in [6.45, 7) is 1.98. The Morgan fingerprint density at radius 1 is 1.67 bits per heavy atom. The first-order valence-electron chi connectivity index (χ1n) is 3.61. The molecule has 12 heavy (non-hydrogen) atoms. The van der Waals surface area contributed by atoms with Crippen molar-refractivity contribution in [2.24, 2.45) is 0 Å². The van der Waals surface area contributed by atoms with Crippen LogP contribution in [0.4, 0.5) is 0 Å². The molecular formula is C8H9N3S. The van der Waals surface area contributed by atoms with Gasteiger partial charge >= 0.3 is 0 Å². The molecular weight excluding hydrogens is 170 g/mol. The van der Waals surface area contributed by atoms with Crippen LogP contribution in [0.3, 0.4) is 0 Å². The van der Waals surface area contributed by atoms with Crippen molar-refractivity contribution in [2.75, 3.05) is 6.26 Å². The van der Waals surface area contributed by atoms with E-state index in [1.807, 2.05) is 13.2 Å². The maximum absolute atomic E-state index is 8.72. The maximum Gasteiger partial charge on any atom is 0.188 e. The normalized spacial score (nSPS) is 9.42. The van der Waals surface area contributed by atoms with E-state index in [1.165, 1.54) is 11.8 Å². The van der Waals surface area contributed by atoms with Crippen LogP contribution in [-0.2, 0) is 6.42 Å². The third-order valence-corrected chi connectivity index (χ3v) is 2.07. The summed E-state index contributed by atoms with van der Waals surface area (Å²) in [7, 11) is 0. The van der Waals surface area contributed by atoms with Gasteiger partial charge in [0.1, 0.15) is 11.8 Å². The van der Waals surface area contributed by atoms with E-state index in [1.54, 1.807) is 6.20 Å². The van der Waals surface area contributed by atoms with Gasteiger partial charge < -0.3 is 0 Å². The minimum atomic E-state index is 0.497. The molecule has 0 aliphatic rings. The first-order valence-corrected chi connectivity index (χ1v) is 4.84. The van der Waals surface area contributed by atoms with E-state index >= 15 is 0 Å². The van der Waals surface area contributed by atoms with Crippen molar-refractivity contribution in [2.45, 2.75) is 18.5 Å². The molecule has 1 aromatic heterocycles. The molecule has 4 heteroatoms. The third kappa shape index (κ3) is 1.74. The van der Waals surface area contributed by atoms with Gasteiger partial charge in [0, 0.05) is 11.8 Å². The van der Waals surface area contributed by atoms with Crippen LogP contribution in [0, 0.1) is 11.3 Å². The molecule has 0 aliphatic heterocycles. The lowest BCUT2D eigenvalue weighted by molar-refractivity contribution is 0.911. The van der Waals surface area contributed by atoms with Crippen molar-refractivity contribution in [1.29, 1.82) is 5.26 Å². The summed E-state index contributed by atoms with van der Waals surface area (Å²) in [5, 5.41) is 9.38. The van der Waals surface area contributed by atoms with Crippen LogP contribution in [0.25, 0.3) is 0 Å². The zero-order valence-electron chi connectivity index (χ0n) is 7.03. The minimum absolute atomic E-state index is 0.497. The van der Waals surface area contributed by atoms with E-state index in [0.29, 0.717) is 10.9 Å². The number of aromatic nitrogens is 2. The second kappa shape index (κ2) is 4.07. The van der Waals surface area contributed by atoms with Crippen molar-refractivity contribution in [3.05, 3.63) is 17.5 Å². The Kier molecular flexibility index (Phi) is 3.06. The Bertz CT molecular complexity index is 317. The molecule has 3 nitrogen and oxygen atoms in total. The number of aryl methyl sites for hydroxylation is 1. The minimum Gasteiger partial charge on any atom is -0.231 e. The molecule has 0 saturated heterocycles. The Morgan fingerprint density at radius 3 is 2.92 bits per heavy atom. The van der Waals surface area contributed by atoms with E-state index in [4.69, 9.17) is 5.26 Å². The number of nitriles is 1. The molecule has 0 unspecified atom stereocenters. The van der Waals surface area contributed by atoms with Crippen LogP contribution in [0.15, 0.2) is 11.4 Å². The molecule has 0 N–H and O–H groups in total. The van der Waals surface area contributed by atoms with Crippen molar-refractivity contribution in [3.8, 4) is 6.07 Å². The van der Waals surface area contributed by atoms with Gasteiger partial charge in [-0.1, -0.05) is 18.7 Å². The fourth-order valence-corrected chi connectivity index (χ4v) is 1.19.